The van der Waals surface area contributed by atoms with Gasteiger partial charge in [-0.2, -0.15) is 0 Å². The number of hydrogen-bond donors (Lipinski definition) is 2. The molecule has 1 saturated carbocycles. The van der Waals surface area contributed by atoms with E-state index in [-0.39, 0.29) is 18.6 Å². The van der Waals surface area contributed by atoms with Gasteiger partial charge in [0.05, 0.1) is 6.10 Å². The number of halogens is 3. The minimum absolute atomic E-state index is 0.226. The van der Waals surface area contributed by atoms with Crippen molar-refractivity contribution >= 4 is 5.91 Å². The van der Waals surface area contributed by atoms with Crippen LogP contribution in [0, 0.1) is 23.4 Å². The van der Waals surface area contributed by atoms with Gasteiger partial charge in [-0.15, -0.1) is 0 Å². The summed E-state index contributed by atoms with van der Waals surface area (Å²) in [4.78, 5) is 11.7. The summed E-state index contributed by atoms with van der Waals surface area (Å²) >= 11 is 0. The summed E-state index contributed by atoms with van der Waals surface area (Å²) in [6, 6.07) is 1.37. The molecule has 0 radical (unpaired) electrons. The highest BCUT2D eigenvalue weighted by Crippen LogP contribution is 2.28. The lowest BCUT2D eigenvalue weighted by atomic mass is 10.00. The molecule has 0 bridgehead atoms. The SMILES string of the molecule is O=C(NCCC[C@@H]1CCC[C@@H]1O)c1c(F)ccc(F)c1F. The Labute approximate surface area is 121 Å². The average molecular weight is 301 g/mol. The predicted molar refractivity (Wildman–Crippen MR) is 71.2 cm³/mol. The number of aliphatic hydroxyl groups is 1. The Bertz CT molecular complexity index is 522. The van der Waals surface area contributed by atoms with Crippen molar-refractivity contribution in [3.05, 3.63) is 35.1 Å². The van der Waals surface area contributed by atoms with Gasteiger partial charge in [-0.05, 0) is 43.7 Å². The van der Waals surface area contributed by atoms with Crippen molar-refractivity contribution in [2.24, 2.45) is 5.92 Å². The van der Waals surface area contributed by atoms with E-state index in [0.717, 1.165) is 31.7 Å². The summed E-state index contributed by atoms with van der Waals surface area (Å²) in [5, 5.41) is 12.0. The van der Waals surface area contributed by atoms with Gasteiger partial charge in [0.15, 0.2) is 11.6 Å². The zero-order valence-corrected chi connectivity index (χ0v) is 11.5. The topological polar surface area (TPSA) is 49.3 Å². The molecule has 2 atom stereocenters. The van der Waals surface area contributed by atoms with Crippen LogP contribution >= 0.6 is 0 Å². The summed E-state index contributed by atoms with van der Waals surface area (Å²) in [5.41, 5.74) is -0.893. The van der Waals surface area contributed by atoms with Crippen molar-refractivity contribution in [3.8, 4) is 0 Å². The lowest BCUT2D eigenvalue weighted by molar-refractivity contribution is 0.0940. The lowest BCUT2D eigenvalue weighted by Crippen LogP contribution is -2.27. The van der Waals surface area contributed by atoms with E-state index >= 15 is 0 Å². The van der Waals surface area contributed by atoms with E-state index in [1.54, 1.807) is 0 Å². The molecule has 1 aromatic carbocycles. The van der Waals surface area contributed by atoms with E-state index in [2.05, 4.69) is 5.32 Å². The Morgan fingerprint density at radius 3 is 2.62 bits per heavy atom. The van der Waals surface area contributed by atoms with Crippen molar-refractivity contribution in [2.75, 3.05) is 6.54 Å². The fraction of sp³-hybridized carbons (Fsp3) is 0.533. The standard InChI is InChI=1S/C15H18F3NO2/c16-10-6-7-11(17)14(18)13(10)15(21)19-8-2-4-9-3-1-5-12(9)20/h6-7,9,12,20H,1-5,8H2,(H,19,21)/t9-,12-/m0/s1. The molecule has 0 heterocycles. The van der Waals surface area contributed by atoms with Crippen molar-refractivity contribution in [2.45, 2.75) is 38.2 Å². The third-order valence-corrected chi connectivity index (χ3v) is 3.93. The van der Waals surface area contributed by atoms with Gasteiger partial charge < -0.3 is 10.4 Å². The molecule has 1 fully saturated rings. The molecule has 0 aromatic heterocycles. The minimum Gasteiger partial charge on any atom is -0.393 e. The second kappa shape index (κ2) is 6.93. The Hall–Kier alpha value is -1.56. The van der Waals surface area contributed by atoms with E-state index in [1.165, 1.54) is 0 Å². The first-order valence-corrected chi connectivity index (χ1v) is 7.10. The molecule has 1 aromatic rings. The van der Waals surface area contributed by atoms with Gasteiger partial charge in [-0.3, -0.25) is 4.79 Å². The molecule has 6 heteroatoms. The van der Waals surface area contributed by atoms with Gasteiger partial charge in [0.1, 0.15) is 11.4 Å². The molecule has 1 amide bonds. The molecular formula is C15H18F3NO2. The number of carbonyl (C=O) groups is 1. The van der Waals surface area contributed by atoms with Crippen LogP contribution in [0.4, 0.5) is 13.2 Å². The highest BCUT2D eigenvalue weighted by molar-refractivity contribution is 5.94. The Morgan fingerprint density at radius 1 is 1.24 bits per heavy atom. The van der Waals surface area contributed by atoms with Crippen molar-refractivity contribution < 1.29 is 23.1 Å². The van der Waals surface area contributed by atoms with Gasteiger partial charge in [0, 0.05) is 6.54 Å². The number of rotatable bonds is 5. The second-order valence-electron chi connectivity index (χ2n) is 5.37. The van der Waals surface area contributed by atoms with Gasteiger partial charge >= 0.3 is 0 Å². The van der Waals surface area contributed by atoms with Gasteiger partial charge in [-0.1, -0.05) is 6.42 Å². The summed E-state index contributed by atoms with van der Waals surface area (Å²) in [6.07, 6.45) is 3.82. The molecule has 21 heavy (non-hydrogen) atoms. The summed E-state index contributed by atoms with van der Waals surface area (Å²) in [6.45, 7) is 0.234. The van der Waals surface area contributed by atoms with E-state index < -0.39 is 28.9 Å². The van der Waals surface area contributed by atoms with Gasteiger partial charge in [0.2, 0.25) is 0 Å². The van der Waals surface area contributed by atoms with Crippen LogP contribution in [0.5, 0.6) is 0 Å². The van der Waals surface area contributed by atoms with Crippen molar-refractivity contribution in [1.29, 1.82) is 0 Å². The van der Waals surface area contributed by atoms with E-state index in [1.807, 2.05) is 0 Å². The van der Waals surface area contributed by atoms with E-state index in [9.17, 15) is 23.1 Å². The van der Waals surface area contributed by atoms with Gasteiger partial charge in [-0.25, -0.2) is 13.2 Å². The quantitative estimate of drug-likeness (QED) is 0.649. The Balaban J connectivity index is 1.84. The third-order valence-electron chi connectivity index (χ3n) is 3.93. The van der Waals surface area contributed by atoms with E-state index in [0.29, 0.717) is 12.5 Å². The van der Waals surface area contributed by atoms with Crippen LogP contribution in [-0.2, 0) is 0 Å². The van der Waals surface area contributed by atoms with Crippen molar-refractivity contribution in [1.82, 2.24) is 5.32 Å². The molecule has 116 valence electrons. The number of hydrogen-bond acceptors (Lipinski definition) is 2. The van der Waals surface area contributed by atoms with Crippen LogP contribution in [-0.4, -0.2) is 23.7 Å². The highest BCUT2D eigenvalue weighted by atomic mass is 19.2. The maximum Gasteiger partial charge on any atom is 0.257 e. The number of benzene rings is 1. The maximum atomic E-state index is 13.4. The molecule has 2 N–H and O–H groups in total. The lowest BCUT2D eigenvalue weighted by Gasteiger charge is -2.14. The smallest absolute Gasteiger partial charge is 0.257 e. The summed E-state index contributed by atoms with van der Waals surface area (Å²) in [5.74, 6) is -4.55. The third kappa shape index (κ3) is 3.75. The highest BCUT2D eigenvalue weighted by Gasteiger charge is 2.25. The van der Waals surface area contributed by atoms with Crippen LogP contribution in [0.2, 0.25) is 0 Å². The van der Waals surface area contributed by atoms with Crippen LogP contribution in [0.3, 0.4) is 0 Å². The first kappa shape index (κ1) is 15.8. The molecule has 1 aliphatic rings. The average Bonchev–Trinajstić information content (AvgIpc) is 2.85. The number of aliphatic hydroxyl groups excluding tert-OH is 1. The Morgan fingerprint density at radius 2 is 1.95 bits per heavy atom. The molecule has 2 rings (SSSR count). The first-order chi connectivity index (χ1) is 10.0. The summed E-state index contributed by atoms with van der Waals surface area (Å²) < 4.78 is 39.8. The van der Waals surface area contributed by atoms with Crippen LogP contribution in [0.15, 0.2) is 12.1 Å². The minimum atomic E-state index is -1.47. The molecule has 0 aliphatic heterocycles. The summed E-state index contributed by atoms with van der Waals surface area (Å²) in [7, 11) is 0. The van der Waals surface area contributed by atoms with Crippen LogP contribution in [0.1, 0.15) is 42.5 Å². The molecular weight excluding hydrogens is 283 g/mol. The fourth-order valence-electron chi connectivity index (χ4n) is 2.74. The van der Waals surface area contributed by atoms with Crippen LogP contribution in [0.25, 0.3) is 0 Å². The maximum absolute atomic E-state index is 13.4. The first-order valence-electron chi connectivity index (χ1n) is 7.10. The molecule has 0 spiro atoms. The Kier molecular flexibility index (Phi) is 5.22. The van der Waals surface area contributed by atoms with Crippen molar-refractivity contribution in [3.63, 3.8) is 0 Å². The zero-order valence-electron chi connectivity index (χ0n) is 11.5. The van der Waals surface area contributed by atoms with Crippen LogP contribution < -0.4 is 5.32 Å². The number of amides is 1. The molecule has 0 unspecified atom stereocenters. The second-order valence-corrected chi connectivity index (χ2v) is 5.37. The van der Waals surface area contributed by atoms with E-state index in [4.69, 9.17) is 0 Å². The molecule has 0 saturated heterocycles. The normalized spacial score (nSPS) is 21.5. The monoisotopic (exact) mass is 301 g/mol. The number of nitrogens with one attached hydrogen (secondary N) is 1. The molecule has 3 nitrogen and oxygen atoms in total. The molecule has 1 aliphatic carbocycles. The fourth-order valence-corrected chi connectivity index (χ4v) is 2.74. The van der Waals surface area contributed by atoms with Gasteiger partial charge in [0.25, 0.3) is 5.91 Å². The zero-order chi connectivity index (χ0) is 15.4. The number of carbonyl (C=O) groups excluding carboxylic acids is 1. The largest absolute Gasteiger partial charge is 0.393 e. The predicted octanol–water partition coefficient (Wildman–Crippen LogP) is 2.77.